The summed E-state index contributed by atoms with van der Waals surface area (Å²) in [5, 5.41) is 34.9. The number of fused-ring (bicyclic) bond motifs is 2. The largest absolute Gasteiger partial charge is 0.392 e. The van der Waals surface area contributed by atoms with Crippen LogP contribution in [0, 0.1) is 40.4 Å². The first-order valence-electron chi connectivity index (χ1n) is 11.2. The van der Waals surface area contributed by atoms with E-state index >= 15 is 0 Å². The lowest BCUT2D eigenvalue weighted by Gasteiger charge is -2.68. The summed E-state index contributed by atoms with van der Waals surface area (Å²) in [6.45, 7) is 6.74. The molecule has 6 aliphatic rings. The number of likely N-dealkylation sites (tertiary alicyclic amines) is 1. The van der Waals surface area contributed by atoms with E-state index in [0.717, 1.165) is 38.8 Å². The molecule has 5 nitrogen and oxygen atoms in total. The van der Waals surface area contributed by atoms with Crippen LogP contribution < -0.4 is 0 Å². The van der Waals surface area contributed by atoms with Crippen molar-refractivity contribution in [2.75, 3.05) is 20.2 Å². The zero-order chi connectivity index (χ0) is 18.9. The summed E-state index contributed by atoms with van der Waals surface area (Å²) in [7, 11) is 1.73. The molecule has 6 fully saturated rings. The number of aliphatic hydroxyl groups excluding tert-OH is 2. The van der Waals surface area contributed by atoms with Crippen molar-refractivity contribution in [1.82, 2.24) is 4.90 Å². The molecule has 1 spiro atoms. The monoisotopic (exact) mass is 377 g/mol. The summed E-state index contributed by atoms with van der Waals surface area (Å²) in [5.74, 6) is 0.840. The second-order valence-corrected chi connectivity index (χ2v) is 11.1. The highest BCUT2D eigenvalue weighted by Crippen LogP contribution is 2.78. The van der Waals surface area contributed by atoms with E-state index in [9.17, 15) is 15.3 Å². The van der Waals surface area contributed by atoms with Gasteiger partial charge in [0.05, 0.1) is 23.9 Å². The zero-order valence-electron chi connectivity index (χ0n) is 16.8. The third-order valence-corrected chi connectivity index (χ3v) is 10.7. The molecule has 0 aromatic carbocycles. The minimum atomic E-state index is -0.858. The van der Waals surface area contributed by atoms with Crippen molar-refractivity contribution in [2.45, 2.75) is 75.9 Å². The number of rotatable bonds is 2. The van der Waals surface area contributed by atoms with E-state index in [4.69, 9.17) is 4.74 Å². The van der Waals surface area contributed by atoms with Gasteiger partial charge >= 0.3 is 0 Å². The third-order valence-electron chi connectivity index (χ3n) is 10.7. The van der Waals surface area contributed by atoms with Crippen molar-refractivity contribution in [3.05, 3.63) is 0 Å². The van der Waals surface area contributed by atoms with Crippen LogP contribution in [0.2, 0.25) is 0 Å². The quantitative estimate of drug-likeness (QED) is 0.676. The molecular formula is C22H35NO4. The number of nitrogens with zero attached hydrogens (tertiary/aromatic N) is 1. The minimum Gasteiger partial charge on any atom is -0.392 e. The van der Waals surface area contributed by atoms with Crippen LogP contribution in [0.25, 0.3) is 0 Å². The van der Waals surface area contributed by atoms with Crippen molar-refractivity contribution < 1.29 is 20.1 Å². The summed E-state index contributed by atoms with van der Waals surface area (Å²) < 4.78 is 5.79. The first-order valence-corrected chi connectivity index (χ1v) is 11.2. The Bertz CT molecular complexity index is 673. The average molecular weight is 378 g/mol. The lowest BCUT2D eigenvalue weighted by molar-refractivity contribution is -0.266. The van der Waals surface area contributed by atoms with Gasteiger partial charge in [-0.1, -0.05) is 13.8 Å². The standard InChI is InChI=1S/C22H35NO4/c1-4-23-10-20(2)6-5-16(24)22-12-7-11-14(27-3)9-21(26,17(12)18(11)25)13(19(22)23)8-15(20)22/h11-19,24-26H,4-10H2,1-3H3/t11-,12-,13?,14+,15-,16+,17-,18+,19?,20+,21+,22?/m1/s1. The Labute approximate surface area is 162 Å². The Kier molecular flexibility index (Phi) is 3.33. The van der Waals surface area contributed by atoms with Gasteiger partial charge in [-0.05, 0) is 49.5 Å². The fraction of sp³-hybridized carbons (Fsp3) is 1.00. The molecule has 3 unspecified atom stereocenters. The molecule has 0 radical (unpaired) electrons. The maximum atomic E-state index is 12.1. The highest BCUT2D eigenvalue weighted by molar-refractivity contribution is 5.32. The smallest absolute Gasteiger partial charge is 0.0771 e. The van der Waals surface area contributed by atoms with Crippen LogP contribution in [0.1, 0.15) is 46.0 Å². The summed E-state index contributed by atoms with van der Waals surface area (Å²) in [5.41, 5.74) is -0.788. The van der Waals surface area contributed by atoms with Gasteiger partial charge in [-0.2, -0.15) is 0 Å². The Morgan fingerprint density at radius 1 is 1.19 bits per heavy atom. The average Bonchev–Trinajstić information content (AvgIpc) is 3.07. The molecule has 1 saturated heterocycles. The van der Waals surface area contributed by atoms with Crippen molar-refractivity contribution in [3.63, 3.8) is 0 Å². The second kappa shape index (κ2) is 5.10. The Hall–Kier alpha value is -0.200. The summed E-state index contributed by atoms with van der Waals surface area (Å²) in [4.78, 5) is 2.60. The minimum absolute atomic E-state index is 0.0657. The molecule has 0 amide bonds. The number of ether oxygens (including phenoxy) is 1. The number of aliphatic hydroxyl groups is 3. The van der Waals surface area contributed by atoms with Crippen LogP contribution in [0.3, 0.4) is 0 Å². The van der Waals surface area contributed by atoms with E-state index in [1.807, 2.05) is 0 Å². The molecule has 5 saturated carbocycles. The number of methoxy groups -OCH3 is 1. The third kappa shape index (κ3) is 1.66. The molecule has 6 rings (SSSR count). The van der Waals surface area contributed by atoms with E-state index < -0.39 is 11.7 Å². The first-order chi connectivity index (χ1) is 12.8. The molecule has 0 aromatic heterocycles. The SMILES string of the molecule is CCN1C[C@]2(C)CC[C@H](O)C34C1C(C[C@@H]32)[C@@]1(O)C[C@H](OC)[C@H]2C[C@@H]4[C@@H]1[C@H]2O. The molecule has 1 aliphatic heterocycles. The van der Waals surface area contributed by atoms with Gasteiger partial charge in [-0.25, -0.2) is 0 Å². The summed E-state index contributed by atoms with van der Waals surface area (Å²) >= 11 is 0. The van der Waals surface area contributed by atoms with Gasteiger partial charge in [-0.15, -0.1) is 0 Å². The maximum absolute atomic E-state index is 12.1. The molecule has 0 aromatic rings. The van der Waals surface area contributed by atoms with Crippen LogP contribution in [0.15, 0.2) is 0 Å². The summed E-state index contributed by atoms with van der Waals surface area (Å²) in [6, 6.07) is 0.253. The van der Waals surface area contributed by atoms with Crippen molar-refractivity contribution in [3.8, 4) is 0 Å². The van der Waals surface area contributed by atoms with E-state index in [1.165, 1.54) is 0 Å². The molecular weight excluding hydrogens is 342 g/mol. The van der Waals surface area contributed by atoms with E-state index in [2.05, 4.69) is 18.7 Å². The lowest BCUT2D eigenvalue weighted by Crippen LogP contribution is -2.75. The Balaban J connectivity index is 1.59. The van der Waals surface area contributed by atoms with E-state index in [1.54, 1.807) is 7.11 Å². The second-order valence-electron chi connectivity index (χ2n) is 11.1. The van der Waals surface area contributed by atoms with Crippen LogP contribution in [-0.4, -0.2) is 70.4 Å². The van der Waals surface area contributed by atoms with Crippen molar-refractivity contribution in [2.24, 2.45) is 40.4 Å². The van der Waals surface area contributed by atoms with Gasteiger partial charge in [-0.3, -0.25) is 4.90 Å². The number of hydrogen-bond acceptors (Lipinski definition) is 5. The topological polar surface area (TPSA) is 73.2 Å². The summed E-state index contributed by atoms with van der Waals surface area (Å²) in [6.07, 6.45) is 3.66. The van der Waals surface area contributed by atoms with Gasteiger partial charge in [0, 0.05) is 49.3 Å². The molecule has 152 valence electrons. The van der Waals surface area contributed by atoms with Crippen LogP contribution in [-0.2, 0) is 4.74 Å². The Morgan fingerprint density at radius 2 is 1.96 bits per heavy atom. The van der Waals surface area contributed by atoms with Crippen LogP contribution in [0.4, 0.5) is 0 Å². The Morgan fingerprint density at radius 3 is 2.67 bits per heavy atom. The highest BCUT2D eigenvalue weighted by atomic mass is 16.5. The molecule has 12 atom stereocenters. The predicted octanol–water partition coefficient (Wildman–Crippen LogP) is 1.25. The van der Waals surface area contributed by atoms with Crippen LogP contribution in [0.5, 0.6) is 0 Å². The normalized spacial score (nSPS) is 66.2. The molecule has 5 heteroatoms. The first kappa shape index (κ1) is 17.6. The number of piperidine rings is 1. The fourth-order valence-electron chi connectivity index (χ4n) is 10.1. The molecule has 5 aliphatic carbocycles. The maximum Gasteiger partial charge on any atom is 0.0771 e. The van der Waals surface area contributed by atoms with Gasteiger partial charge < -0.3 is 20.1 Å². The molecule has 7 bridgehead atoms. The van der Waals surface area contributed by atoms with Gasteiger partial charge in [0.15, 0.2) is 0 Å². The molecule has 1 heterocycles. The van der Waals surface area contributed by atoms with E-state index in [-0.39, 0.29) is 52.8 Å². The van der Waals surface area contributed by atoms with Gasteiger partial charge in [0.25, 0.3) is 0 Å². The highest BCUT2D eigenvalue weighted by Gasteiger charge is 2.82. The lowest BCUT2D eigenvalue weighted by atomic mass is 9.43. The molecule has 27 heavy (non-hydrogen) atoms. The van der Waals surface area contributed by atoms with Crippen LogP contribution >= 0.6 is 0 Å². The zero-order valence-corrected chi connectivity index (χ0v) is 16.8. The van der Waals surface area contributed by atoms with Gasteiger partial charge in [0.2, 0.25) is 0 Å². The molecule has 3 N–H and O–H groups in total. The van der Waals surface area contributed by atoms with E-state index in [0.29, 0.717) is 12.3 Å². The van der Waals surface area contributed by atoms with Crippen molar-refractivity contribution in [1.29, 1.82) is 0 Å². The number of hydrogen-bond donors (Lipinski definition) is 3. The predicted molar refractivity (Wildman–Crippen MR) is 99.9 cm³/mol. The van der Waals surface area contributed by atoms with Crippen molar-refractivity contribution >= 4 is 0 Å². The fourth-order valence-corrected chi connectivity index (χ4v) is 10.1. The van der Waals surface area contributed by atoms with Gasteiger partial charge in [0.1, 0.15) is 0 Å².